The fourth-order valence-corrected chi connectivity index (χ4v) is 5.44. The van der Waals surface area contributed by atoms with Crippen LogP contribution in [0.4, 0.5) is 0 Å². The fraction of sp³-hybridized carbons (Fsp3) is 0.654. The highest BCUT2D eigenvalue weighted by molar-refractivity contribution is 5.88. The smallest absolute Gasteiger partial charge is 0.326 e. The summed E-state index contributed by atoms with van der Waals surface area (Å²) in [7, 11) is 0. The van der Waals surface area contributed by atoms with Gasteiger partial charge in [-0.1, -0.05) is 49.6 Å². The molecule has 2 N–H and O–H groups in total. The van der Waals surface area contributed by atoms with E-state index in [-0.39, 0.29) is 23.9 Å². The zero-order valence-corrected chi connectivity index (χ0v) is 19.9. The molecule has 1 aliphatic carbocycles. The van der Waals surface area contributed by atoms with Crippen molar-refractivity contribution in [2.24, 2.45) is 5.41 Å². The molecule has 1 saturated heterocycles. The Morgan fingerprint density at radius 2 is 1.85 bits per heavy atom. The van der Waals surface area contributed by atoms with Crippen LogP contribution in [0, 0.1) is 5.41 Å². The summed E-state index contributed by atoms with van der Waals surface area (Å²) in [6.07, 6.45) is 8.09. The van der Waals surface area contributed by atoms with E-state index in [1.54, 1.807) is 18.7 Å². The summed E-state index contributed by atoms with van der Waals surface area (Å²) in [5.41, 5.74) is 1.14. The minimum Gasteiger partial charge on any atom is -0.480 e. The van der Waals surface area contributed by atoms with Crippen LogP contribution in [0.2, 0.25) is 0 Å². The molecule has 0 radical (unpaired) electrons. The molecule has 7 nitrogen and oxygen atoms in total. The topological polar surface area (TPSA) is 95.9 Å². The Bertz CT molecular complexity index is 806. The number of nitrogens with zero attached hydrogens (tertiary/aromatic N) is 1. The molecule has 1 spiro atoms. The summed E-state index contributed by atoms with van der Waals surface area (Å²) in [5.74, 6) is -1.58. The van der Waals surface area contributed by atoms with Gasteiger partial charge in [0.05, 0.1) is 12.6 Å². The molecule has 0 bridgehead atoms. The number of carboxylic acids is 1. The summed E-state index contributed by atoms with van der Waals surface area (Å²) in [5, 5.41) is 12.9. The van der Waals surface area contributed by atoms with Crippen LogP contribution in [0.1, 0.15) is 70.8 Å². The van der Waals surface area contributed by atoms with Gasteiger partial charge < -0.3 is 14.7 Å². The average molecular weight is 459 g/mol. The van der Waals surface area contributed by atoms with E-state index in [9.17, 15) is 19.5 Å². The van der Waals surface area contributed by atoms with Gasteiger partial charge in [0.15, 0.2) is 0 Å². The summed E-state index contributed by atoms with van der Waals surface area (Å²) < 4.78 is 5.25. The Kier molecular flexibility index (Phi) is 8.89. The van der Waals surface area contributed by atoms with Crippen molar-refractivity contribution in [2.75, 3.05) is 13.2 Å². The predicted octanol–water partition coefficient (Wildman–Crippen LogP) is 3.56. The van der Waals surface area contributed by atoms with E-state index in [0.29, 0.717) is 25.8 Å². The number of aliphatic carboxylic acids is 1. The maximum Gasteiger partial charge on any atom is 0.326 e. The molecular formula is C26H38N2O5. The number of aryl methyl sites for hydroxylation is 1. The van der Waals surface area contributed by atoms with E-state index in [2.05, 4.69) is 5.32 Å². The van der Waals surface area contributed by atoms with Gasteiger partial charge in [-0.2, -0.15) is 0 Å². The molecule has 3 atom stereocenters. The van der Waals surface area contributed by atoms with Crippen molar-refractivity contribution in [3.63, 3.8) is 0 Å². The van der Waals surface area contributed by atoms with Crippen LogP contribution in [0.5, 0.6) is 0 Å². The lowest BCUT2D eigenvalue weighted by Crippen LogP contribution is -2.60. The van der Waals surface area contributed by atoms with Gasteiger partial charge >= 0.3 is 11.9 Å². The van der Waals surface area contributed by atoms with Crippen LogP contribution >= 0.6 is 0 Å². The third-order valence-corrected chi connectivity index (χ3v) is 7.27. The van der Waals surface area contributed by atoms with Crippen molar-refractivity contribution in [2.45, 2.75) is 89.8 Å². The van der Waals surface area contributed by atoms with E-state index < -0.39 is 24.1 Å². The third-order valence-electron chi connectivity index (χ3n) is 7.27. The molecule has 1 aliphatic heterocycles. The number of esters is 1. The number of hydrogen-bond acceptors (Lipinski definition) is 5. The normalized spacial score (nSPS) is 21.9. The molecular weight excluding hydrogens is 420 g/mol. The molecule has 182 valence electrons. The number of likely N-dealkylation sites (tertiary alicyclic amines) is 1. The lowest BCUT2D eigenvalue weighted by Gasteiger charge is -2.48. The highest BCUT2D eigenvalue weighted by Gasteiger charge is 2.45. The molecule has 1 amide bonds. The number of piperidine rings is 1. The van der Waals surface area contributed by atoms with Gasteiger partial charge in [0.2, 0.25) is 5.91 Å². The summed E-state index contributed by atoms with van der Waals surface area (Å²) >= 11 is 0. The van der Waals surface area contributed by atoms with Crippen molar-refractivity contribution in [1.29, 1.82) is 0 Å². The van der Waals surface area contributed by atoms with E-state index in [1.165, 1.54) is 6.42 Å². The Hall–Kier alpha value is -2.41. The number of benzene rings is 1. The number of ether oxygens (including phenoxy) is 1. The van der Waals surface area contributed by atoms with Crippen LogP contribution in [0.25, 0.3) is 0 Å². The summed E-state index contributed by atoms with van der Waals surface area (Å²) in [6.45, 7) is 4.23. The van der Waals surface area contributed by atoms with Crippen LogP contribution in [0.3, 0.4) is 0 Å². The second kappa shape index (κ2) is 11.6. The first-order valence-electron chi connectivity index (χ1n) is 12.3. The molecule has 1 unspecified atom stereocenters. The molecule has 1 heterocycles. The zero-order valence-electron chi connectivity index (χ0n) is 19.9. The van der Waals surface area contributed by atoms with Crippen LogP contribution < -0.4 is 5.32 Å². The Morgan fingerprint density at radius 1 is 1.15 bits per heavy atom. The quantitative estimate of drug-likeness (QED) is 0.550. The van der Waals surface area contributed by atoms with E-state index in [1.807, 2.05) is 30.3 Å². The van der Waals surface area contributed by atoms with Crippen molar-refractivity contribution < 1.29 is 24.2 Å². The third kappa shape index (κ3) is 6.56. The molecule has 3 rings (SSSR count). The largest absolute Gasteiger partial charge is 0.480 e. The summed E-state index contributed by atoms with van der Waals surface area (Å²) in [4.78, 5) is 39.6. The van der Waals surface area contributed by atoms with Gasteiger partial charge in [0.25, 0.3) is 0 Å². The van der Waals surface area contributed by atoms with Gasteiger partial charge in [-0.15, -0.1) is 0 Å². The van der Waals surface area contributed by atoms with Crippen molar-refractivity contribution in [3.8, 4) is 0 Å². The molecule has 1 saturated carbocycles. The number of rotatable bonds is 9. The van der Waals surface area contributed by atoms with Crippen LogP contribution in [-0.2, 0) is 25.5 Å². The Labute approximate surface area is 196 Å². The Morgan fingerprint density at radius 3 is 2.48 bits per heavy atom. The maximum atomic E-state index is 13.5. The zero-order chi connectivity index (χ0) is 23.8. The van der Waals surface area contributed by atoms with Gasteiger partial charge in [-0.05, 0) is 63.4 Å². The van der Waals surface area contributed by atoms with Crippen LogP contribution in [-0.4, -0.2) is 59.1 Å². The van der Waals surface area contributed by atoms with Gasteiger partial charge in [-0.25, -0.2) is 4.79 Å². The number of carboxylic acid groups (broad SMARTS) is 1. The molecule has 0 aromatic heterocycles. The minimum absolute atomic E-state index is 0.0352. The standard InChI is InChI=1S/C26H38N2O5/c1-3-33-25(32)21(13-12-20-10-6-4-7-11-20)27-19(2)23(29)28-18-26(15-8-5-9-16-26)17-14-22(28)24(30)31/h4,6-7,10-11,19,21-22,27H,3,5,8-9,12-18H2,1-2H3,(H,30,31)/t19?,21-,22-/m0/s1. The van der Waals surface area contributed by atoms with Gasteiger partial charge in [0.1, 0.15) is 12.1 Å². The van der Waals surface area contributed by atoms with E-state index in [4.69, 9.17) is 4.74 Å². The number of carbonyl (C=O) groups excluding carboxylic acids is 2. The van der Waals surface area contributed by atoms with Gasteiger partial charge in [-0.3, -0.25) is 14.9 Å². The molecule has 33 heavy (non-hydrogen) atoms. The first-order chi connectivity index (χ1) is 15.8. The first-order valence-corrected chi connectivity index (χ1v) is 12.3. The van der Waals surface area contributed by atoms with Crippen molar-refractivity contribution >= 4 is 17.8 Å². The second-order valence-electron chi connectivity index (χ2n) is 9.64. The molecule has 1 aromatic rings. The van der Waals surface area contributed by atoms with E-state index >= 15 is 0 Å². The van der Waals surface area contributed by atoms with Gasteiger partial charge in [0, 0.05) is 6.54 Å². The van der Waals surface area contributed by atoms with Crippen LogP contribution in [0.15, 0.2) is 30.3 Å². The Balaban J connectivity index is 1.70. The number of hydrogen-bond donors (Lipinski definition) is 2. The number of amides is 1. The SMILES string of the molecule is CCOC(=O)[C@H](CCc1ccccc1)NC(C)C(=O)N1CC2(CCCCC2)CC[C@H]1C(=O)O. The van der Waals surface area contributed by atoms with Crippen molar-refractivity contribution in [1.82, 2.24) is 10.2 Å². The number of carbonyl (C=O) groups is 3. The minimum atomic E-state index is -0.952. The lowest BCUT2D eigenvalue weighted by atomic mass is 9.68. The van der Waals surface area contributed by atoms with E-state index in [0.717, 1.165) is 37.7 Å². The lowest BCUT2D eigenvalue weighted by molar-refractivity contribution is -0.157. The molecule has 7 heteroatoms. The highest BCUT2D eigenvalue weighted by Crippen LogP contribution is 2.44. The first kappa shape index (κ1) is 25.2. The van der Waals surface area contributed by atoms with Crippen molar-refractivity contribution in [3.05, 3.63) is 35.9 Å². The predicted molar refractivity (Wildman–Crippen MR) is 126 cm³/mol. The second-order valence-corrected chi connectivity index (χ2v) is 9.64. The highest BCUT2D eigenvalue weighted by atomic mass is 16.5. The molecule has 1 aromatic carbocycles. The fourth-order valence-electron chi connectivity index (χ4n) is 5.44. The summed E-state index contributed by atoms with van der Waals surface area (Å²) in [6, 6.07) is 7.74. The maximum absolute atomic E-state index is 13.5. The monoisotopic (exact) mass is 458 g/mol. The molecule has 2 aliphatic rings. The average Bonchev–Trinajstić information content (AvgIpc) is 2.82. The number of nitrogens with one attached hydrogen (secondary N) is 1. The molecule has 2 fully saturated rings.